The standard InChI is InChI=1S/C27H24BrN5O3S/c1-16-14-21(17(2)31(16)23-12-11-20(36-3)15-24(23)33(34)35)26-25(22-6-4-5-13-29-22)30-27(37)32(26)19-9-7-18(28)8-10-19/h4-15,25-26H,1-3H3,(H,30,37). The Labute approximate surface area is 228 Å². The van der Waals surface area contributed by atoms with Crippen molar-refractivity contribution in [1.82, 2.24) is 14.9 Å². The van der Waals surface area contributed by atoms with E-state index in [4.69, 9.17) is 17.0 Å². The fourth-order valence-corrected chi connectivity index (χ4v) is 5.58. The molecule has 0 bridgehead atoms. The van der Waals surface area contributed by atoms with Gasteiger partial charge in [-0.1, -0.05) is 22.0 Å². The highest BCUT2D eigenvalue weighted by atomic mass is 79.9. The maximum Gasteiger partial charge on any atom is 0.296 e. The van der Waals surface area contributed by atoms with Crippen LogP contribution in [0.4, 0.5) is 11.4 Å². The molecule has 10 heteroatoms. The highest BCUT2D eigenvalue weighted by Gasteiger charge is 2.42. The molecule has 37 heavy (non-hydrogen) atoms. The largest absolute Gasteiger partial charge is 0.496 e. The Balaban J connectivity index is 1.70. The minimum atomic E-state index is -0.381. The Morgan fingerprint density at radius 2 is 1.86 bits per heavy atom. The average molecular weight is 578 g/mol. The molecule has 3 heterocycles. The molecule has 1 fully saturated rings. The lowest BCUT2D eigenvalue weighted by Crippen LogP contribution is -2.29. The average Bonchev–Trinajstić information content (AvgIpc) is 3.39. The van der Waals surface area contributed by atoms with Crippen LogP contribution in [0, 0.1) is 24.0 Å². The molecule has 8 nitrogen and oxygen atoms in total. The van der Waals surface area contributed by atoms with Gasteiger partial charge in [-0.25, -0.2) is 0 Å². The summed E-state index contributed by atoms with van der Waals surface area (Å²) >= 11 is 9.35. The molecule has 2 unspecified atom stereocenters. The number of nitro groups is 1. The first-order chi connectivity index (χ1) is 17.8. The fourth-order valence-electron chi connectivity index (χ4n) is 4.97. The smallest absolute Gasteiger partial charge is 0.296 e. The van der Waals surface area contributed by atoms with Crippen LogP contribution in [0.15, 0.2) is 77.4 Å². The third-order valence-corrected chi connectivity index (χ3v) is 7.46. The molecular weight excluding hydrogens is 554 g/mol. The molecule has 2 aromatic carbocycles. The molecule has 2 atom stereocenters. The number of hydrogen-bond acceptors (Lipinski definition) is 5. The van der Waals surface area contributed by atoms with Crippen molar-refractivity contribution >= 4 is 44.6 Å². The van der Waals surface area contributed by atoms with Crippen LogP contribution in [0.3, 0.4) is 0 Å². The number of nitrogens with zero attached hydrogens (tertiary/aromatic N) is 4. The van der Waals surface area contributed by atoms with Crippen molar-refractivity contribution < 1.29 is 9.66 Å². The predicted octanol–water partition coefficient (Wildman–Crippen LogP) is 6.35. The molecule has 5 rings (SSSR count). The summed E-state index contributed by atoms with van der Waals surface area (Å²) in [5.74, 6) is 0.431. The van der Waals surface area contributed by atoms with Crippen LogP contribution in [-0.2, 0) is 0 Å². The van der Waals surface area contributed by atoms with E-state index in [1.165, 1.54) is 13.2 Å². The number of ether oxygens (including phenoxy) is 1. The zero-order valence-electron chi connectivity index (χ0n) is 20.4. The van der Waals surface area contributed by atoms with Gasteiger partial charge in [0, 0.05) is 27.7 Å². The van der Waals surface area contributed by atoms with E-state index < -0.39 is 0 Å². The molecule has 1 aliphatic rings. The topological polar surface area (TPSA) is 85.5 Å². The van der Waals surface area contributed by atoms with E-state index >= 15 is 0 Å². The third kappa shape index (κ3) is 4.47. The van der Waals surface area contributed by atoms with Crippen molar-refractivity contribution in [2.75, 3.05) is 12.0 Å². The highest BCUT2D eigenvalue weighted by molar-refractivity contribution is 9.10. The molecule has 1 aliphatic heterocycles. The fraction of sp³-hybridized carbons (Fsp3) is 0.185. The number of nitro benzene ring substituents is 1. The van der Waals surface area contributed by atoms with Crippen molar-refractivity contribution in [2.24, 2.45) is 0 Å². The third-order valence-electron chi connectivity index (χ3n) is 6.61. The Morgan fingerprint density at radius 1 is 1.11 bits per heavy atom. The van der Waals surface area contributed by atoms with Crippen LogP contribution >= 0.6 is 28.1 Å². The van der Waals surface area contributed by atoms with Gasteiger partial charge in [0.1, 0.15) is 11.4 Å². The van der Waals surface area contributed by atoms with E-state index in [1.54, 1.807) is 18.3 Å². The molecule has 4 aromatic rings. The lowest BCUT2D eigenvalue weighted by atomic mass is 9.96. The predicted molar refractivity (Wildman–Crippen MR) is 151 cm³/mol. The SMILES string of the molecule is COc1ccc(-n2c(C)cc(C3C(c4ccccn4)NC(=S)N3c3ccc(Br)cc3)c2C)c([N+](=O)[O-])c1. The van der Waals surface area contributed by atoms with E-state index in [0.29, 0.717) is 16.5 Å². The number of rotatable bonds is 6. The van der Waals surface area contributed by atoms with Gasteiger partial charge in [-0.3, -0.25) is 15.1 Å². The lowest BCUT2D eigenvalue weighted by Gasteiger charge is -2.28. The number of aromatic nitrogens is 2. The van der Waals surface area contributed by atoms with E-state index in [-0.39, 0.29) is 22.7 Å². The first-order valence-corrected chi connectivity index (χ1v) is 12.8. The number of aryl methyl sites for hydroxylation is 1. The van der Waals surface area contributed by atoms with E-state index in [9.17, 15) is 10.1 Å². The second kappa shape index (κ2) is 9.95. The zero-order valence-corrected chi connectivity index (χ0v) is 22.8. The van der Waals surface area contributed by atoms with Crippen molar-refractivity contribution in [3.63, 3.8) is 0 Å². The van der Waals surface area contributed by atoms with E-state index in [0.717, 1.165) is 32.8 Å². The summed E-state index contributed by atoms with van der Waals surface area (Å²) in [5, 5.41) is 16.0. The van der Waals surface area contributed by atoms with Gasteiger partial charge in [-0.15, -0.1) is 0 Å². The minimum Gasteiger partial charge on any atom is -0.496 e. The quantitative estimate of drug-likeness (QED) is 0.162. The maximum atomic E-state index is 12.0. The van der Waals surface area contributed by atoms with Crippen molar-refractivity contribution in [3.05, 3.63) is 110 Å². The second-order valence-corrected chi connectivity index (χ2v) is 10.0. The summed E-state index contributed by atoms with van der Waals surface area (Å²) in [7, 11) is 1.49. The van der Waals surface area contributed by atoms with E-state index in [2.05, 4.69) is 37.2 Å². The molecule has 0 amide bonds. The molecular formula is C27H24BrN5O3S. The number of methoxy groups -OCH3 is 1. The first kappa shape index (κ1) is 24.9. The van der Waals surface area contributed by atoms with Gasteiger partial charge in [-0.2, -0.15) is 0 Å². The molecule has 0 saturated carbocycles. The number of pyridine rings is 1. The molecule has 0 spiro atoms. The van der Waals surface area contributed by atoms with Crippen LogP contribution < -0.4 is 15.0 Å². The number of thiocarbonyl (C=S) groups is 1. The van der Waals surface area contributed by atoms with Gasteiger partial charge in [-0.05, 0) is 86.2 Å². The van der Waals surface area contributed by atoms with E-state index in [1.807, 2.05) is 60.9 Å². The molecule has 0 radical (unpaired) electrons. The van der Waals surface area contributed by atoms with Gasteiger partial charge in [0.15, 0.2) is 5.11 Å². The minimum absolute atomic E-state index is 0.0289. The van der Waals surface area contributed by atoms with Gasteiger partial charge >= 0.3 is 0 Å². The maximum absolute atomic E-state index is 12.0. The number of hydrogen-bond donors (Lipinski definition) is 1. The normalized spacial score (nSPS) is 17.1. The molecule has 1 saturated heterocycles. The van der Waals surface area contributed by atoms with Crippen LogP contribution in [0.25, 0.3) is 5.69 Å². The van der Waals surface area contributed by atoms with Gasteiger partial charge in [0.2, 0.25) is 0 Å². The van der Waals surface area contributed by atoms with Crippen molar-refractivity contribution in [2.45, 2.75) is 25.9 Å². The number of benzene rings is 2. The number of halogens is 1. The Kier molecular flexibility index (Phi) is 6.70. The van der Waals surface area contributed by atoms with Crippen LogP contribution in [0.1, 0.15) is 34.7 Å². The summed E-state index contributed by atoms with van der Waals surface area (Å²) < 4.78 is 8.13. The van der Waals surface area contributed by atoms with Gasteiger partial charge < -0.3 is 19.5 Å². The Bertz CT molecular complexity index is 1490. The first-order valence-electron chi connectivity index (χ1n) is 11.6. The van der Waals surface area contributed by atoms with Crippen LogP contribution in [-0.4, -0.2) is 26.7 Å². The van der Waals surface area contributed by atoms with Crippen LogP contribution in [0.5, 0.6) is 5.75 Å². The second-order valence-electron chi connectivity index (χ2n) is 8.75. The zero-order chi connectivity index (χ0) is 26.3. The summed E-state index contributed by atoms with van der Waals surface area (Å²) in [6.07, 6.45) is 1.77. The molecule has 0 aliphatic carbocycles. The van der Waals surface area contributed by atoms with Gasteiger partial charge in [0.25, 0.3) is 5.69 Å². The van der Waals surface area contributed by atoms with Crippen molar-refractivity contribution in [1.29, 1.82) is 0 Å². The summed E-state index contributed by atoms with van der Waals surface area (Å²) in [4.78, 5) is 18.3. The lowest BCUT2D eigenvalue weighted by molar-refractivity contribution is -0.384. The molecule has 1 N–H and O–H groups in total. The summed E-state index contributed by atoms with van der Waals surface area (Å²) in [5.41, 5.74) is 4.98. The van der Waals surface area contributed by atoms with Crippen LogP contribution in [0.2, 0.25) is 0 Å². The van der Waals surface area contributed by atoms with Crippen molar-refractivity contribution in [3.8, 4) is 11.4 Å². The Hall–Kier alpha value is -3.76. The summed E-state index contributed by atoms with van der Waals surface area (Å²) in [6, 6.07) is 20.3. The number of nitrogens with one attached hydrogen (secondary N) is 1. The van der Waals surface area contributed by atoms with Gasteiger partial charge in [0.05, 0.1) is 35.9 Å². The Morgan fingerprint density at radius 3 is 2.51 bits per heavy atom. The molecule has 188 valence electrons. The summed E-state index contributed by atoms with van der Waals surface area (Å²) in [6.45, 7) is 3.93. The number of anilines is 1. The monoisotopic (exact) mass is 577 g/mol. The molecule has 2 aromatic heterocycles. The highest BCUT2D eigenvalue weighted by Crippen LogP contribution is 2.44.